The Hall–Kier alpha value is -3.92. The van der Waals surface area contributed by atoms with Crippen molar-refractivity contribution >= 4 is 45.9 Å². The van der Waals surface area contributed by atoms with Crippen LogP contribution < -0.4 is 16.7 Å². The van der Waals surface area contributed by atoms with Crippen molar-refractivity contribution in [3.8, 4) is 6.07 Å². The molecule has 0 unspecified atom stereocenters. The number of nitrogens with one attached hydrogen (secondary N) is 1. The number of thioether (sulfide) groups is 1. The molecule has 0 saturated heterocycles. The first-order chi connectivity index (χ1) is 13.7. The van der Waals surface area contributed by atoms with Gasteiger partial charge in [0.15, 0.2) is 5.16 Å². The van der Waals surface area contributed by atoms with Crippen LogP contribution in [0.25, 0.3) is 11.0 Å². The normalized spacial score (nSPS) is 10.7. The molecular weight excluding hydrogens is 400 g/mol. The van der Waals surface area contributed by atoms with Gasteiger partial charge in [-0.15, -0.1) is 0 Å². The third-order valence-electron chi connectivity index (χ3n) is 4.11. The number of hydrogen-bond donors (Lipinski definition) is 2. The molecule has 3 rings (SSSR count). The van der Waals surface area contributed by atoms with Crippen LogP contribution >= 0.6 is 11.8 Å². The number of nitro groups is 1. The fourth-order valence-electron chi connectivity index (χ4n) is 2.64. The summed E-state index contributed by atoms with van der Waals surface area (Å²) in [5.41, 5.74) is 5.82. The van der Waals surface area contributed by atoms with Crippen molar-refractivity contribution in [1.82, 2.24) is 19.1 Å². The molecule has 148 valence electrons. The van der Waals surface area contributed by atoms with Gasteiger partial charge in [0.2, 0.25) is 5.91 Å². The van der Waals surface area contributed by atoms with E-state index >= 15 is 0 Å². The Balaban J connectivity index is 1.84. The van der Waals surface area contributed by atoms with Gasteiger partial charge >= 0.3 is 5.69 Å². The first kappa shape index (κ1) is 19.8. The highest BCUT2D eigenvalue weighted by Crippen LogP contribution is 2.30. The van der Waals surface area contributed by atoms with Gasteiger partial charge in [-0.25, -0.2) is 14.8 Å². The standard InChI is InChI=1S/C16H14N8O4S/c1-22-11-3-9(10(24(27)28)4-12(11)23(2)16(22)26)20-13(25)7-29-15-19-6-8(5-17)14(18)21-15/h3-4,6H,7H2,1-2H3,(H,20,25)(H2,18,19,21). The molecule has 1 aromatic carbocycles. The van der Waals surface area contributed by atoms with E-state index in [1.165, 1.54) is 41.6 Å². The Morgan fingerprint density at radius 3 is 2.62 bits per heavy atom. The van der Waals surface area contributed by atoms with Crippen LogP contribution in [0.15, 0.2) is 28.3 Å². The summed E-state index contributed by atoms with van der Waals surface area (Å²) >= 11 is 0.956. The number of anilines is 2. The smallest absolute Gasteiger partial charge is 0.328 e. The fourth-order valence-corrected chi connectivity index (χ4v) is 3.26. The fraction of sp³-hybridized carbons (Fsp3) is 0.188. The molecule has 12 nitrogen and oxygen atoms in total. The molecule has 0 bridgehead atoms. The number of hydrogen-bond acceptors (Lipinski definition) is 9. The zero-order valence-corrected chi connectivity index (χ0v) is 16.1. The number of nitro benzene ring substituents is 1. The van der Waals surface area contributed by atoms with Crippen LogP contribution in [0.4, 0.5) is 17.2 Å². The number of carbonyl (C=O) groups is 1. The molecule has 0 saturated carbocycles. The lowest BCUT2D eigenvalue weighted by atomic mass is 10.2. The Morgan fingerprint density at radius 1 is 1.38 bits per heavy atom. The van der Waals surface area contributed by atoms with E-state index in [4.69, 9.17) is 11.0 Å². The summed E-state index contributed by atoms with van der Waals surface area (Å²) in [6, 6.07) is 4.46. The summed E-state index contributed by atoms with van der Waals surface area (Å²) in [5.74, 6) is -0.685. The van der Waals surface area contributed by atoms with E-state index in [0.717, 1.165) is 11.8 Å². The van der Waals surface area contributed by atoms with E-state index in [1.54, 1.807) is 0 Å². The molecule has 0 fully saturated rings. The molecule has 0 aliphatic rings. The quantitative estimate of drug-likeness (QED) is 0.264. The molecule has 0 radical (unpaired) electrons. The third kappa shape index (κ3) is 3.73. The second kappa shape index (κ2) is 7.60. The molecule has 0 spiro atoms. The molecule has 0 aliphatic heterocycles. The first-order valence-corrected chi connectivity index (χ1v) is 9.00. The highest BCUT2D eigenvalue weighted by molar-refractivity contribution is 7.99. The molecule has 1 amide bonds. The molecule has 2 aromatic heterocycles. The van der Waals surface area contributed by atoms with Crippen molar-refractivity contribution in [3.05, 3.63) is 44.5 Å². The Kier molecular flexibility index (Phi) is 5.20. The number of carbonyl (C=O) groups excluding carboxylic acids is 1. The van der Waals surface area contributed by atoms with Gasteiger partial charge in [0, 0.05) is 20.2 Å². The van der Waals surface area contributed by atoms with Crippen LogP contribution in [0.2, 0.25) is 0 Å². The molecular formula is C16H14N8O4S. The van der Waals surface area contributed by atoms with Crippen molar-refractivity contribution in [1.29, 1.82) is 5.26 Å². The number of nitrogens with zero attached hydrogens (tertiary/aromatic N) is 6. The maximum atomic E-state index is 12.3. The van der Waals surface area contributed by atoms with Crippen molar-refractivity contribution in [3.63, 3.8) is 0 Å². The van der Waals surface area contributed by atoms with Crippen molar-refractivity contribution in [2.24, 2.45) is 14.1 Å². The third-order valence-corrected chi connectivity index (χ3v) is 4.97. The second-order valence-corrected chi connectivity index (χ2v) is 6.86. The summed E-state index contributed by atoms with van der Waals surface area (Å²) in [7, 11) is 3.04. The number of nitriles is 1. The molecule has 3 N–H and O–H groups in total. The first-order valence-electron chi connectivity index (χ1n) is 8.02. The lowest BCUT2D eigenvalue weighted by molar-refractivity contribution is -0.383. The van der Waals surface area contributed by atoms with Gasteiger partial charge in [0.1, 0.15) is 23.1 Å². The highest BCUT2D eigenvalue weighted by atomic mass is 32.2. The van der Waals surface area contributed by atoms with E-state index < -0.39 is 10.8 Å². The van der Waals surface area contributed by atoms with Crippen molar-refractivity contribution in [2.45, 2.75) is 5.16 Å². The summed E-state index contributed by atoms with van der Waals surface area (Å²) in [4.78, 5) is 43.0. The maximum Gasteiger partial charge on any atom is 0.328 e. The maximum absolute atomic E-state index is 12.3. The van der Waals surface area contributed by atoms with Crippen LogP contribution in [-0.2, 0) is 18.9 Å². The highest BCUT2D eigenvalue weighted by Gasteiger charge is 2.21. The van der Waals surface area contributed by atoms with Gasteiger partial charge in [-0.2, -0.15) is 5.26 Å². The molecule has 13 heteroatoms. The van der Waals surface area contributed by atoms with E-state index in [9.17, 15) is 19.7 Å². The van der Waals surface area contributed by atoms with E-state index in [-0.39, 0.29) is 39.4 Å². The van der Waals surface area contributed by atoms with Gasteiger partial charge in [-0.05, 0) is 6.07 Å². The number of nitrogen functional groups attached to an aromatic ring is 1. The minimum absolute atomic E-state index is 0.00325. The van der Waals surface area contributed by atoms with Gasteiger partial charge < -0.3 is 11.1 Å². The minimum Gasteiger partial charge on any atom is -0.382 e. The van der Waals surface area contributed by atoms with Crippen LogP contribution in [0.5, 0.6) is 0 Å². The molecule has 0 aliphatic carbocycles. The van der Waals surface area contributed by atoms with Gasteiger partial charge in [0.25, 0.3) is 5.69 Å². The predicted molar refractivity (Wildman–Crippen MR) is 105 cm³/mol. The predicted octanol–water partition coefficient (Wildman–Crippen LogP) is 0.760. The van der Waals surface area contributed by atoms with Crippen LogP contribution in [0.3, 0.4) is 0 Å². The zero-order valence-electron chi connectivity index (χ0n) is 15.2. The number of fused-ring (bicyclic) bond motifs is 1. The number of rotatable bonds is 5. The lowest BCUT2D eigenvalue weighted by Gasteiger charge is -2.07. The van der Waals surface area contributed by atoms with Gasteiger partial charge in [-0.3, -0.25) is 24.0 Å². The average molecular weight is 414 g/mol. The summed E-state index contributed by atoms with van der Waals surface area (Å²) in [6.07, 6.45) is 1.25. The van der Waals surface area contributed by atoms with Crippen LogP contribution in [0.1, 0.15) is 5.56 Å². The SMILES string of the molecule is Cn1c(=O)n(C)c2cc([N+](=O)[O-])c(NC(=O)CSc3ncc(C#N)c(N)n3)cc21. The number of aromatic nitrogens is 4. The number of nitrogens with two attached hydrogens (primary N) is 1. The topological polar surface area (TPSA) is 175 Å². The minimum atomic E-state index is -0.635. The number of imidazole rings is 1. The largest absolute Gasteiger partial charge is 0.382 e. The van der Waals surface area contributed by atoms with Crippen LogP contribution in [-0.4, -0.2) is 35.7 Å². The van der Waals surface area contributed by atoms with E-state index in [2.05, 4.69) is 15.3 Å². The Labute approximate surface area is 167 Å². The summed E-state index contributed by atoms with van der Waals surface area (Å²) < 4.78 is 2.62. The molecule has 29 heavy (non-hydrogen) atoms. The zero-order chi connectivity index (χ0) is 21.3. The monoisotopic (exact) mass is 414 g/mol. The Morgan fingerprint density at radius 2 is 2.03 bits per heavy atom. The van der Waals surface area contributed by atoms with E-state index in [0.29, 0.717) is 11.0 Å². The molecule has 2 heterocycles. The average Bonchev–Trinajstić information content (AvgIpc) is 2.89. The van der Waals surface area contributed by atoms with E-state index in [1.807, 2.05) is 6.07 Å². The van der Waals surface area contributed by atoms with Crippen molar-refractivity contribution in [2.75, 3.05) is 16.8 Å². The lowest BCUT2D eigenvalue weighted by Crippen LogP contribution is -2.19. The van der Waals surface area contributed by atoms with Crippen LogP contribution in [0, 0.1) is 21.4 Å². The van der Waals surface area contributed by atoms with Gasteiger partial charge in [0.05, 0.1) is 27.9 Å². The van der Waals surface area contributed by atoms with Gasteiger partial charge in [-0.1, -0.05) is 11.8 Å². The summed E-state index contributed by atoms with van der Waals surface area (Å²) in [5, 5.41) is 22.9. The summed E-state index contributed by atoms with van der Waals surface area (Å²) in [6.45, 7) is 0. The second-order valence-electron chi connectivity index (χ2n) is 5.92. The number of amides is 1. The number of benzene rings is 1. The molecule has 0 atom stereocenters. The van der Waals surface area contributed by atoms with Crippen molar-refractivity contribution < 1.29 is 9.72 Å². The Bertz CT molecular complexity index is 1260. The number of aryl methyl sites for hydroxylation is 2. The molecule has 3 aromatic rings.